The molecule has 2 aromatic carbocycles. The average molecular weight is 422 g/mol. The van der Waals surface area contributed by atoms with Gasteiger partial charge in [0.1, 0.15) is 0 Å². The second-order valence-electron chi connectivity index (χ2n) is 7.49. The van der Waals surface area contributed by atoms with Crippen molar-refractivity contribution in [2.75, 3.05) is 0 Å². The van der Waals surface area contributed by atoms with E-state index in [0.717, 1.165) is 45.5 Å². The summed E-state index contributed by atoms with van der Waals surface area (Å²) in [5.41, 5.74) is 3.98. The number of hydrogen-bond acceptors (Lipinski definition) is 1. The predicted octanol–water partition coefficient (Wildman–Crippen LogP) is 5.65. The normalized spacial score (nSPS) is 16.2. The van der Waals surface area contributed by atoms with Crippen LogP contribution in [0.4, 0.5) is 0 Å². The zero-order valence-corrected chi connectivity index (χ0v) is 17.2. The van der Waals surface area contributed by atoms with Gasteiger partial charge in [0.05, 0.1) is 22.0 Å². The first-order chi connectivity index (χ1) is 14.1. The first-order valence-corrected chi connectivity index (χ1v) is 10.4. The molecule has 0 aliphatic heterocycles. The molecule has 0 saturated carbocycles. The molecule has 29 heavy (non-hydrogen) atoms. The maximum absolute atomic E-state index is 13.2. The molecule has 5 rings (SSSR count). The van der Waals surface area contributed by atoms with E-state index >= 15 is 0 Å². The van der Waals surface area contributed by atoms with Crippen LogP contribution in [0.1, 0.15) is 33.9 Å². The van der Waals surface area contributed by atoms with Crippen LogP contribution in [0.25, 0.3) is 10.9 Å². The second-order valence-corrected chi connectivity index (χ2v) is 8.34. The lowest BCUT2D eigenvalue weighted by Crippen LogP contribution is -2.33. The summed E-state index contributed by atoms with van der Waals surface area (Å²) >= 11 is 12.4. The highest BCUT2D eigenvalue weighted by molar-refractivity contribution is 6.31. The number of fused-ring (bicyclic) bond motifs is 2. The molecular weight excluding hydrogens is 403 g/mol. The number of carbonyl (C=O) groups excluding carboxylic acids is 1. The van der Waals surface area contributed by atoms with E-state index in [1.54, 1.807) is 6.07 Å². The molecule has 4 aromatic rings. The molecule has 1 unspecified atom stereocenters. The fourth-order valence-electron chi connectivity index (χ4n) is 4.21. The van der Waals surface area contributed by atoms with Crippen LogP contribution in [0, 0.1) is 0 Å². The number of ketones is 1. The number of hydrogen-bond donors (Lipinski definition) is 0. The summed E-state index contributed by atoms with van der Waals surface area (Å²) in [5, 5.41) is 2.47. The molecule has 2 aromatic heterocycles. The van der Waals surface area contributed by atoms with E-state index in [4.69, 9.17) is 23.2 Å². The Kier molecular flexibility index (Phi) is 4.65. The molecule has 0 fully saturated rings. The highest BCUT2D eigenvalue weighted by Crippen LogP contribution is 2.33. The van der Waals surface area contributed by atoms with Crippen LogP contribution in [-0.4, -0.2) is 10.4 Å². The second kappa shape index (κ2) is 7.33. The van der Waals surface area contributed by atoms with Crippen molar-refractivity contribution in [1.29, 1.82) is 0 Å². The third kappa shape index (κ3) is 3.35. The Bertz CT molecular complexity index is 1240. The summed E-state index contributed by atoms with van der Waals surface area (Å²) in [5.74, 6) is 0.138. The van der Waals surface area contributed by atoms with Crippen molar-refractivity contribution >= 4 is 39.9 Å². The van der Waals surface area contributed by atoms with Gasteiger partial charge in [0, 0.05) is 28.4 Å². The van der Waals surface area contributed by atoms with Crippen molar-refractivity contribution < 1.29 is 9.36 Å². The van der Waals surface area contributed by atoms with E-state index in [9.17, 15) is 4.79 Å². The van der Waals surface area contributed by atoms with Gasteiger partial charge in [-0.3, -0.25) is 4.79 Å². The van der Waals surface area contributed by atoms with Crippen molar-refractivity contribution in [2.45, 2.75) is 25.4 Å². The van der Waals surface area contributed by atoms with Crippen molar-refractivity contribution in [3.05, 3.63) is 99.9 Å². The first kappa shape index (κ1) is 18.4. The number of benzene rings is 2. The zero-order valence-electron chi connectivity index (χ0n) is 15.7. The van der Waals surface area contributed by atoms with Crippen molar-refractivity contribution in [3.8, 4) is 0 Å². The molecule has 3 nitrogen and oxygen atoms in total. The SMILES string of the molecule is O=C1c2cc(Cl)ccc2CCC1n1ccc2c[n+](Cc3ccccc3Cl)ccc21. The van der Waals surface area contributed by atoms with Gasteiger partial charge in [-0.25, -0.2) is 0 Å². The molecule has 144 valence electrons. The maximum atomic E-state index is 13.2. The summed E-state index contributed by atoms with van der Waals surface area (Å²) in [6.45, 7) is 0.703. The quantitative estimate of drug-likeness (QED) is 0.392. The van der Waals surface area contributed by atoms with Crippen molar-refractivity contribution in [2.24, 2.45) is 0 Å². The average Bonchev–Trinajstić information content (AvgIpc) is 3.13. The molecule has 0 spiro atoms. The van der Waals surface area contributed by atoms with Crippen LogP contribution in [0.2, 0.25) is 10.0 Å². The van der Waals surface area contributed by atoms with Crippen LogP contribution in [0.5, 0.6) is 0 Å². The smallest absolute Gasteiger partial charge is 0.185 e. The number of carbonyl (C=O) groups is 1. The fraction of sp³-hybridized carbons (Fsp3) is 0.167. The lowest BCUT2D eigenvalue weighted by atomic mass is 9.87. The van der Waals surface area contributed by atoms with Crippen molar-refractivity contribution in [1.82, 2.24) is 4.57 Å². The number of Topliss-reactive ketones (excluding diaryl/α,β-unsaturated/α-hetero) is 1. The fourth-order valence-corrected chi connectivity index (χ4v) is 4.58. The van der Waals surface area contributed by atoms with Crippen LogP contribution in [0.3, 0.4) is 0 Å². The molecule has 0 saturated heterocycles. The topological polar surface area (TPSA) is 25.9 Å². The number of halogens is 2. The summed E-state index contributed by atoms with van der Waals surface area (Å²) in [4.78, 5) is 13.2. The molecule has 0 radical (unpaired) electrons. The Morgan fingerprint density at radius 1 is 1.07 bits per heavy atom. The van der Waals surface area contributed by atoms with Crippen LogP contribution in [-0.2, 0) is 13.0 Å². The van der Waals surface area contributed by atoms with Gasteiger partial charge in [0.15, 0.2) is 24.7 Å². The van der Waals surface area contributed by atoms with Gasteiger partial charge in [0.2, 0.25) is 0 Å². The van der Waals surface area contributed by atoms with Gasteiger partial charge in [-0.1, -0.05) is 47.5 Å². The van der Waals surface area contributed by atoms with Gasteiger partial charge in [-0.2, -0.15) is 4.57 Å². The van der Waals surface area contributed by atoms with Gasteiger partial charge < -0.3 is 4.57 Å². The van der Waals surface area contributed by atoms with E-state index in [0.29, 0.717) is 11.6 Å². The van der Waals surface area contributed by atoms with Gasteiger partial charge >= 0.3 is 0 Å². The minimum Gasteiger partial charge on any atom is -0.336 e. The molecule has 1 atom stereocenters. The standard InChI is InChI=1S/C24H19Cl2N2O/c25-19-7-5-16-6-8-23(24(29)20(16)13-19)28-12-9-18-15-27(11-10-22(18)28)14-17-3-1-2-4-21(17)26/h1-5,7,9-13,15,23H,6,8,14H2/q+1. The summed E-state index contributed by atoms with van der Waals surface area (Å²) < 4.78 is 4.22. The molecule has 5 heteroatoms. The molecular formula is C24H19Cl2N2O+. The number of aryl methyl sites for hydroxylation is 1. The Labute approximate surface area is 179 Å². The summed E-state index contributed by atoms with van der Waals surface area (Å²) in [6, 6.07) is 17.5. The molecule has 1 aliphatic rings. The number of nitrogens with zero attached hydrogens (tertiary/aromatic N) is 2. The van der Waals surface area contributed by atoms with E-state index in [-0.39, 0.29) is 11.8 Å². The Morgan fingerprint density at radius 2 is 1.93 bits per heavy atom. The van der Waals surface area contributed by atoms with Crippen LogP contribution >= 0.6 is 23.2 Å². The minimum atomic E-state index is -0.196. The third-order valence-corrected chi connectivity index (χ3v) is 6.29. The first-order valence-electron chi connectivity index (χ1n) is 9.66. The lowest BCUT2D eigenvalue weighted by Gasteiger charge is -2.25. The van der Waals surface area contributed by atoms with Gasteiger partial charge in [-0.05, 0) is 42.7 Å². The third-order valence-electron chi connectivity index (χ3n) is 5.69. The Balaban J connectivity index is 1.48. The van der Waals surface area contributed by atoms with E-state index in [1.807, 2.05) is 48.8 Å². The molecule has 0 amide bonds. The molecule has 1 aliphatic carbocycles. The largest absolute Gasteiger partial charge is 0.336 e. The Hall–Kier alpha value is -2.62. The van der Waals surface area contributed by atoms with E-state index in [1.165, 1.54) is 0 Å². The summed E-state index contributed by atoms with van der Waals surface area (Å²) in [7, 11) is 0. The van der Waals surface area contributed by atoms with Crippen molar-refractivity contribution in [3.63, 3.8) is 0 Å². The Morgan fingerprint density at radius 3 is 2.79 bits per heavy atom. The molecule has 2 heterocycles. The summed E-state index contributed by atoms with van der Waals surface area (Å²) in [6.07, 6.45) is 7.84. The number of aromatic nitrogens is 2. The highest BCUT2D eigenvalue weighted by atomic mass is 35.5. The maximum Gasteiger partial charge on any atom is 0.185 e. The van der Waals surface area contributed by atoms with Gasteiger partial charge in [0.25, 0.3) is 0 Å². The van der Waals surface area contributed by atoms with E-state index < -0.39 is 0 Å². The molecule has 0 bridgehead atoms. The van der Waals surface area contributed by atoms with Crippen LogP contribution < -0.4 is 4.57 Å². The predicted molar refractivity (Wildman–Crippen MR) is 116 cm³/mol. The lowest BCUT2D eigenvalue weighted by molar-refractivity contribution is -0.687. The zero-order chi connectivity index (χ0) is 20.0. The van der Waals surface area contributed by atoms with Crippen LogP contribution in [0.15, 0.2) is 73.2 Å². The molecule has 0 N–H and O–H groups in total. The number of pyridine rings is 1. The van der Waals surface area contributed by atoms with Gasteiger partial charge in [-0.15, -0.1) is 0 Å². The highest BCUT2D eigenvalue weighted by Gasteiger charge is 2.29. The van der Waals surface area contributed by atoms with E-state index in [2.05, 4.69) is 27.5 Å². The minimum absolute atomic E-state index is 0.138. The monoisotopic (exact) mass is 421 g/mol. The number of rotatable bonds is 3.